The van der Waals surface area contributed by atoms with Crippen molar-refractivity contribution in [1.82, 2.24) is 15.0 Å². The van der Waals surface area contributed by atoms with Gasteiger partial charge in [0, 0.05) is 13.1 Å². The van der Waals surface area contributed by atoms with Crippen molar-refractivity contribution in [2.24, 2.45) is 0 Å². The summed E-state index contributed by atoms with van der Waals surface area (Å²) in [4.78, 5) is 14.7. The summed E-state index contributed by atoms with van der Waals surface area (Å²) in [5, 5.41) is 0.950. The summed E-state index contributed by atoms with van der Waals surface area (Å²) in [5.74, 6) is 0.502. The quantitative estimate of drug-likeness (QED) is 0.778. The molecule has 0 radical (unpaired) electrons. The van der Waals surface area contributed by atoms with Crippen LogP contribution in [0.3, 0.4) is 0 Å². The number of nitrogens with zero attached hydrogens (tertiary/aromatic N) is 4. The lowest BCUT2D eigenvalue weighted by Gasteiger charge is -2.25. The lowest BCUT2D eigenvalue weighted by atomic mass is 10.5. The average molecular weight is 237 g/mol. The summed E-state index contributed by atoms with van der Waals surface area (Å²) in [6.45, 7) is 3.23. The Hall–Kier alpha value is -1.47. The molecule has 7 heteroatoms. The molecule has 84 valence electrons. The zero-order valence-corrected chi connectivity index (χ0v) is 9.40. The first-order valence-corrected chi connectivity index (χ1v) is 5.86. The highest BCUT2D eigenvalue weighted by molar-refractivity contribution is 7.22. The molecule has 1 aliphatic rings. The number of anilines is 2. The number of morpholine rings is 1. The summed E-state index contributed by atoms with van der Waals surface area (Å²) in [6, 6.07) is 0. The number of nitrogen functional groups attached to an aromatic ring is 1. The van der Waals surface area contributed by atoms with Gasteiger partial charge in [-0.05, 0) is 0 Å². The van der Waals surface area contributed by atoms with Gasteiger partial charge in [0.2, 0.25) is 0 Å². The Balaban J connectivity index is 2.01. The van der Waals surface area contributed by atoms with E-state index in [-0.39, 0.29) is 0 Å². The third-order valence-corrected chi connectivity index (χ3v) is 3.62. The summed E-state index contributed by atoms with van der Waals surface area (Å²) >= 11 is 1.54. The first kappa shape index (κ1) is 9.73. The zero-order chi connectivity index (χ0) is 11.0. The van der Waals surface area contributed by atoms with E-state index in [4.69, 9.17) is 10.5 Å². The second kappa shape index (κ2) is 3.84. The van der Waals surface area contributed by atoms with E-state index in [2.05, 4.69) is 19.9 Å². The van der Waals surface area contributed by atoms with Crippen LogP contribution in [0.4, 0.5) is 10.9 Å². The lowest BCUT2D eigenvalue weighted by molar-refractivity contribution is 0.122. The molecule has 0 aliphatic carbocycles. The Morgan fingerprint density at radius 1 is 1.31 bits per heavy atom. The molecule has 0 unspecified atom stereocenters. The van der Waals surface area contributed by atoms with Crippen molar-refractivity contribution in [2.75, 3.05) is 36.9 Å². The van der Waals surface area contributed by atoms with E-state index in [1.54, 1.807) is 0 Å². The number of rotatable bonds is 1. The second-order valence-electron chi connectivity index (χ2n) is 3.51. The van der Waals surface area contributed by atoms with E-state index < -0.39 is 0 Å². The van der Waals surface area contributed by atoms with Crippen molar-refractivity contribution in [3.05, 3.63) is 6.33 Å². The SMILES string of the molecule is Nc1ncnc2nc(N3CCOCC3)sc12. The van der Waals surface area contributed by atoms with Crippen LogP contribution in [0.1, 0.15) is 0 Å². The predicted molar refractivity (Wildman–Crippen MR) is 62.7 cm³/mol. The highest BCUT2D eigenvalue weighted by Crippen LogP contribution is 2.30. The largest absolute Gasteiger partial charge is 0.382 e. The molecule has 1 fully saturated rings. The molecule has 2 N–H and O–H groups in total. The summed E-state index contributed by atoms with van der Waals surface area (Å²) in [6.07, 6.45) is 1.44. The maximum Gasteiger partial charge on any atom is 0.188 e. The minimum absolute atomic E-state index is 0.502. The van der Waals surface area contributed by atoms with Crippen molar-refractivity contribution >= 4 is 32.6 Å². The smallest absolute Gasteiger partial charge is 0.188 e. The molecule has 6 nitrogen and oxygen atoms in total. The van der Waals surface area contributed by atoms with E-state index in [0.29, 0.717) is 11.5 Å². The van der Waals surface area contributed by atoms with E-state index >= 15 is 0 Å². The molecule has 0 saturated carbocycles. The number of nitrogens with two attached hydrogens (primary N) is 1. The van der Waals surface area contributed by atoms with Crippen LogP contribution in [-0.4, -0.2) is 41.3 Å². The van der Waals surface area contributed by atoms with Gasteiger partial charge in [0.1, 0.15) is 16.8 Å². The molecule has 0 bridgehead atoms. The molecular formula is C9H11N5OS. The molecule has 2 aromatic heterocycles. The van der Waals surface area contributed by atoms with Crippen LogP contribution in [0.15, 0.2) is 6.33 Å². The monoisotopic (exact) mass is 237 g/mol. The first-order chi connectivity index (χ1) is 7.84. The van der Waals surface area contributed by atoms with Crippen molar-refractivity contribution < 1.29 is 4.74 Å². The van der Waals surface area contributed by atoms with E-state index in [0.717, 1.165) is 36.1 Å². The summed E-state index contributed by atoms with van der Waals surface area (Å²) in [7, 11) is 0. The van der Waals surface area contributed by atoms with Crippen LogP contribution >= 0.6 is 11.3 Å². The van der Waals surface area contributed by atoms with Gasteiger partial charge in [-0.15, -0.1) is 0 Å². The van der Waals surface area contributed by atoms with Gasteiger partial charge in [-0.2, -0.15) is 4.98 Å². The van der Waals surface area contributed by atoms with Gasteiger partial charge in [-0.3, -0.25) is 0 Å². The van der Waals surface area contributed by atoms with Gasteiger partial charge in [0.15, 0.2) is 10.8 Å². The Bertz CT molecular complexity index is 508. The highest BCUT2D eigenvalue weighted by Gasteiger charge is 2.16. The van der Waals surface area contributed by atoms with Crippen molar-refractivity contribution in [1.29, 1.82) is 0 Å². The Morgan fingerprint density at radius 3 is 2.88 bits per heavy atom. The zero-order valence-electron chi connectivity index (χ0n) is 8.59. The van der Waals surface area contributed by atoms with Crippen LogP contribution in [0.2, 0.25) is 0 Å². The van der Waals surface area contributed by atoms with E-state index in [9.17, 15) is 0 Å². The fourth-order valence-electron chi connectivity index (χ4n) is 1.65. The number of ether oxygens (including phenoxy) is 1. The maximum atomic E-state index is 5.78. The molecule has 3 rings (SSSR count). The number of aromatic nitrogens is 3. The molecule has 0 spiro atoms. The molecule has 16 heavy (non-hydrogen) atoms. The Labute approximate surface area is 96.1 Å². The van der Waals surface area contributed by atoms with Crippen molar-refractivity contribution in [3.63, 3.8) is 0 Å². The van der Waals surface area contributed by atoms with Gasteiger partial charge >= 0.3 is 0 Å². The van der Waals surface area contributed by atoms with Gasteiger partial charge < -0.3 is 15.4 Å². The van der Waals surface area contributed by atoms with Crippen molar-refractivity contribution in [3.8, 4) is 0 Å². The molecule has 0 amide bonds. The average Bonchev–Trinajstić information content (AvgIpc) is 2.76. The summed E-state index contributed by atoms with van der Waals surface area (Å²) in [5.41, 5.74) is 6.45. The molecule has 3 heterocycles. The van der Waals surface area contributed by atoms with E-state index in [1.165, 1.54) is 17.7 Å². The molecule has 0 aromatic carbocycles. The molecule has 1 aliphatic heterocycles. The topological polar surface area (TPSA) is 77.2 Å². The minimum atomic E-state index is 0.502. The van der Waals surface area contributed by atoms with Gasteiger partial charge in [-0.1, -0.05) is 11.3 Å². The van der Waals surface area contributed by atoms with Crippen LogP contribution in [0.5, 0.6) is 0 Å². The van der Waals surface area contributed by atoms with Crippen molar-refractivity contribution in [2.45, 2.75) is 0 Å². The maximum absolute atomic E-state index is 5.78. The Morgan fingerprint density at radius 2 is 2.12 bits per heavy atom. The Kier molecular flexibility index (Phi) is 2.33. The second-order valence-corrected chi connectivity index (χ2v) is 4.49. The van der Waals surface area contributed by atoms with Crippen LogP contribution in [0.25, 0.3) is 10.3 Å². The molecule has 2 aromatic rings. The number of fused-ring (bicyclic) bond motifs is 1. The number of thiazole rings is 1. The molecule has 1 saturated heterocycles. The number of hydrogen-bond acceptors (Lipinski definition) is 7. The normalized spacial score (nSPS) is 16.9. The van der Waals surface area contributed by atoms with Crippen LogP contribution in [-0.2, 0) is 4.74 Å². The fourth-order valence-corrected chi connectivity index (χ4v) is 2.62. The first-order valence-electron chi connectivity index (χ1n) is 5.04. The predicted octanol–water partition coefficient (Wildman–Crippen LogP) is 0.505. The van der Waals surface area contributed by atoms with Crippen LogP contribution < -0.4 is 10.6 Å². The van der Waals surface area contributed by atoms with E-state index in [1.807, 2.05) is 0 Å². The number of hydrogen-bond donors (Lipinski definition) is 1. The third-order valence-electron chi connectivity index (χ3n) is 2.49. The fraction of sp³-hybridized carbons (Fsp3) is 0.444. The van der Waals surface area contributed by atoms with Gasteiger partial charge in [0.05, 0.1) is 13.2 Å². The van der Waals surface area contributed by atoms with Gasteiger partial charge in [0.25, 0.3) is 0 Å². The van der Waals surface area contributed by atoms with Crippen LogP contribution in [0, 0.1) is 0 Å². The highest BCUT2D eigenvalue weighted by atomic mass is 32.1. The standard InChI is InChI=1S/C9H11N5OS/c10-7-6-8(12-5-11-7)13-9(16-6)14-1-3-15-4-2-14/h5H,1-4H2,(H2,10,11,12). The summed E-state index contributed by atoms with van der Waals surface area (Å²) < 4.78 is 6.17. The lowest BCUT2D eigenvalue weighted by Crippen LogP contribution is -2.36. The third kappa shape index (κ3) is 1.57. The van der Waals surface area contributed by atoms with Gasteiger partial charge in [-0.25, -0.2) is 9.97 Å². The molecular weight excluding hydrogens is 226 g/mol. The molecule has 0 atom stereocenters. The minimum Gasteiger partial charge on any atom is -0.382 e.